The Morgan fingerprint density at radius 2 is 2.14 bits per heavy atom. The molecule has 7 heteroatoms. The molecule has 0 aromatic carbocycles. The van der Waals surface area contributed by atoms with E-state index < -0.39 is 28.9 Å². The minimum atomic E-state index is -2.97. The van der Waals surface area contributed by atoms with E-state index >= 15 is 0 Å². The van der Waals surface area contributed by atoms with Gasteiger partial charge in [-0.3, -0.25) is 9.59 Å². The zero-order valence-corrected chi connectivity index (χ0v) is 8.27. The maximum Gasteiger partial charge on any atom is 0.270 e. The quantitative estimate of drug-likeness (QED) is 0.789. The molecular formula is C7H5BrF2N2O2. The molecule has 1 rings (SSSR count). The number of aromatic amines is 1. The number of carbonyl (C=O) groups excluding carboxylic acids is 1. The Morgan fingerprint density at radius 1 is 1.57 bits per heavy atom. The summed E-state index contributed by atoms with van der Waals surface area (Å²) in [5, 5.41) is 0. The van der Waals surface area contributed by atoms with Crippen molar-refractivity contribution < 1.29 is 13.6 Å². The molecule has 0 unspecified atom stereocenters. The van der Waals surface area contributed by atoms with E-state index in [1.54, 1.807) is 0 Å². The van der Waals surface area contributed by atoms with Crippen molar-refractivity contribution in [2.75, 3.05) is 0 Å². The number of pyridine rings is 1. The molecule has 0 saturated heterocycles. The van der Waals surface area contributed by atoms with Crippen LogP contribution in [0, 0.1) is 0 Å². The topological polar surface area (TPSA) is 76.0 Å². The third-order valence-corrected chi connectivity index (χ3v) is 2.21. The van der Waals surface area contributed by atoms with Crippen molar-refractivity contribution in [3.8, 4) is 0 Å². The number of H-pyrrole nitrogens is 1. The fraction of sp³-hybridized carbons (Fsp3) is 0.143. The molecule has 0 bridgehead atoms. The number of carbonyl (C=O) groups is 1. The van der Waals surface area contributed by atoms with E-state index in [2.05, 4.69) is 20.9 Å². The van der Waals surface area contributed by atoms with E-state index in [1.165, 1.54) is 0 Å². The number of nitrogens with two attached hydrogens (primary N) is 1. The number of halogens is 3. The normalized spacial score (nSPS) is 10.6. The molecule has 0 aliphatic carbocycles. The van der Waals surface area contributed by atoms with Gasteiger partial charge in [-0.25, -0.2) is 8.78 Å². The average molecular weight is 267 g/mol. The lowest BCUT2D eigenvalue weighted by atomic mass is 10.2. The van der Waals surface area contributed by atoms with Gasteiger partial charge in [-0.1, -0.05) is 0 Å². The van der Waals surface area contributed by atoms with Crippen molar-refractivity contribution >= 4 is 21.8 Å². The standard InChI is InChI=1S/C7H5BrF2N2O2/c8-5-3(6(9)10)4(13)2(1-12-5)7(11)14/h1,6H,(H2,11,14)(H,12,13). The molecule has 1 heterocycles. The Morgan fingerprint density at radius 3 is 2.57 bits per heavy atom. The van der Waals surface area contributed by atoms with Crippen molar-refractivity contribution in [1.29, 1.82) is 0 Å². The first-order valence-electron chi connectivity index (χ1n) is 3.44. The maximum absolute atomic E-state index is 12.3. The van der Waals surface area contributed by atoms with Gasteiger partial charge in [-0.15, -0.1) is 0 Å². The molecule has 0 saturated carbocycles. The van der Waals surface area contributed by atoms with Gasteiger partial charge in [-0.05, 0) is 15.9 Å². The highest BCUT2D eigenvalue weighted by Gasteiger charge is 2.20. The van der Waals surface area contributed by atoms with Gasteiger partial charge in [0, 0.05) is 6.20 Å². The molecule has 3 N–H and O–H groups in total. The fourth-order valence-corrected chi connectivity index (χ4v) is 1.37. The van der Waals surface area contributed by atoms with E-state index in [0.717, 1.165) is 6.20 Å². The van der Waals surface area contributed by atoms with Gasteiger partial charge in [0.15, 0.2) is 0 Å². The number of primary amides is 1. The molecule has 76 valence electrons. The Bertz CT molecular complexity index is 430. The van der Waals surface area contributed by atoms with E-state index in [4.69, 9.17) is 5.73 Å². The third kappa shape index (κ3) is 1.82. The first-order valence-corrected chi connectivity index (χ1v) is 4.23. The molecule has 14 heavy (non-hydrogen) atoms. The van der Waals surface area contributed by atoms with Gasteiger partial charge in [0.2, 0.25) is 5.43 Å². The zero-order chi connectivity index (χ0) is 10.9. The van der Waals surface area contributed by atoms with Crippen LogP contribution in [0.2, 0.25) is 0 Å². The van der Waals surface area contributed by atoms with Gasteiger partial charge >= 0.3 is 0 Å². The highest BCUT2D eigenvalue weighted by Crippen LogP contribution is 2.22. The molecule has 0 aliphatic heterocycles. The van der Waals surface area contributed by atoms with E-state index in [1.807, 2.05) is 0 Å². The van der Waals surface area contributed by atoms with Crippen molar-refractivity contribution in [2.24, 2.45) is 5.73 Å². The van der Waals surface area contributed by atoms with Crippen molar-refractivity contribution in [3.63, 3.8) is 0 Å². The number of nitrogens with one attached hydrogen (secondary N) is 1. The second-order valence-corrected chi connectivity index (χ2v) is 3.22. The zero-order valence-electron chi connectivity index (χ0n) is 6.68. The fourth-order valence-electron chi connectivity index (χ4n) is 0.902. The lowest BCUT2D eigenvalue weighted by Gasteiger charge is -2.03. The Hall–Kier alpha value is -1.24. The van der Waals surface area contributed by atoms with Crippen LogP contribution in [0.4, 0.5) is 8.78 Å². The molecule has 0 fully saturated rings. The summed E-state index contributed by atoms with van der Waals surface area (Å²) in [7, 11) is 0. The highest BCUT2D eigenvalue weighted by molar-refractivity contribution is 9.10. The lowest BCUT2D eigenvalue weighted by Crippen LogP contribution is -2.25. The number of rotatable bonds is 2. The minimum Gasteiger partial charge on any atom is -0.365 e. The molecule has 0 atom stereocenters. The van der Waals surface area contributed by atoms with Crippen molar-refractivity contribution in [2.45, 2.75) is 6.43 Å². The van der Waals surface area contributed by atoms with Crippen LogP contribution in [0.3, 0.4) is 0 Å². The smallest absolute Gasteiger partial charge is 0.270 e. The molecule has 1 amide bonds. The largest absolute Gasteiger partial charge is 0.365 e. The van der Waals surface area contributed by atoms with Crippen LogP contribution in [0.5, 0.6) is 0 Å². The van der Waals surface area contributed by atoms with Gasteiger partial charge in [0.25, 0.3) is 12.3 Å². The molecule has 0 radical (unpaired) electrons. The number of aromatic nitrogens is 1. The summed E-state index contributed by atoms with van der Waals surface area (Å²) in [6.07, 6.45) is -1.98. The van der Waals surface area contributed by atoms with Crippen LogP contribution in [0.25, 0.3) is 0 Å². The molecular weight excluding hydrogens is 262 g/mol. The van der Waals surface area contributed by atoms with Gasteiger partial charge in [0.05, 0.1) is 10.2 Å². The molecule has 1 aromatic heterocycles. The SMILES string of the molecule is NC(=O)c1c[nH]c(Br)c(C(F)F)c1=O. The van der Waals surface area contributed by atoms with Gasteiger partial charge < -0.3 is 10.7 Å². The minimum absolute atomic E-state index is 0.150. The summed E-state index contributed by atoms with van der Waals surface area (Å²) in [6.45, 7) is 0. The summed E-state index contributed by atoms with van der Waals surface area (Å²) in [5.41, 5.74) is 2.48. The number of alkyl halides is 2. The Labute approximate surface area is 85.2 Å². The third-order valence-electron chi connectivity index (χ3n) is 1.55. The lowest BCUT2D eigenvalue weighted by molar-refractivity contribution is 0.0998. The van der Waals surface area contributed by atoms with Crippen LogP contribution in [0.1, 0.15) is 22.3 Å². The predicted octanol–water partition coefficient (Wildman–Crippen LogP) is 1.17. The summed E-state index contributed by atoms with van der Waals surface area (Å²) in [4.78, 5) is 24.2. The van der Waals surface area contributed by atoms with Crippen LogP contribution in [-0.2, 0) is 0 Å². The van der Waals surface area contributed by atoms with Gasteiger partial charge in [0.1, 0.15) is 5.56 Å². The number of hydrogen-bond acceptors (Lipinski definition) is 2. The molecule has 1 aromatic rings. The average Bonchev–Trinajstić information content (AvgIpc) is 2.02. The van der Waals surface area contributed by atoms with E-state index in [9.17, 15) is 18.4 Å². The van der Waals surface area contributed by atoms with Crippen LogP contribution in [0.15, 0.2) is 15.6 Å². The van der Waals surface area contributed by atoms with E-state index in [-0.39, 0.29) is 4.60 Å². The van der Waals surface area contributed by atoms with Crippen molar-refractivity contribution in [1.82, 2.24) is 4.98 Å². The second kappa shape index (κ2) is 3.87. The van der Waals surface area contributed by atoms with Crippen LogP contribution < -0.4 is 11.2 Å². The summed E-state index contributed by atoms with van der Waals surface area (Å²) in [5.74, 6) is -1.04. The maximum atomic E-state index is 12.3. The molecule has 0 aliphatic rings. The second-order valence-electron chi connectivity index (χ2n) is 2.42. The highest BCUT2D eigenvalue weighted by atomic mass is 79.9. The Kier molecular flexibility index (Phi) is 3.00. The van der Waals surface area contributed by atoms with Crippen LogP contribution >= 0.6 is 15.9 Å². The Balaban J connectivity index is 3.50. The first-order chi connectivity index (χ1) is 6.45. The summed E-state index contributed by atoms with van der Waals surface area (Å²) < 4.78 is 24.5. The van der Waals surface area contributed by atoms with E-state index in [0.29, 0.717) is 0 Å². The molecule has 4 nitrogen and oxygen atoms in total. The molecule has 0 spiro atoms. The summed E-state index contributed by atoms with van der Waals surface area (Å²) >= 11 is 2.74. The summed E-state index contributed by atoms with van der Waals surface area (Å²) in [6, 6.07) is 0. The number of amides is 1. The first kappa shape index (κ1) is 10.8. The van der Waals surface area contributed by atoms with Gasteiger partial charge in [-0.2, -0.15) is 0 Å². The monoisotopic (exact) mass is 266 g/mol. The van der Waals surface area contributed by atoms with Crippen molar-refractivity contribution in [3.05, 3.63) is 32.2 Å². The predicted molar refractivity (Wildman–Crippen MR) is 48.2 cm³/mol. The van der Waals surface area contributed by atoms with Crippen LogP contribution in [-0.4, -0.2) is 10.9 Å². The number of hydrogen-bond donors (Lipinski definition) is 2.